The smallest absolute Gasteiger partial charge is 0.123 e. The number of ether oxygens (including phenoxy) is 1. The van der Waals surface area contributed by atoms with Gasteiger partial charge in [-0.3, -0.25) is 0 Å². The zero-order valence-corrected chi connectivity index (χ0v) is 13.7. The molecule has 0 spiro atoms. The first-order valence-corrected chi connectivity index (χ1v) is 8.10. The van der Waals surface area contributed by atoms with Crippen LogP contribution in [0.15, 0.2) is 72.8 Å². The molecule has 0 aliphatic rings. The lowest BCUT2D eigenvalue weighted by Crippen LogP contribution is -2.12. The van der Waals surface area contributed by atoms with E-state index in [2.05, 4.69) is 5.32 Å². The van der Waals surface area contributed by atoms with Crippen molar-refractivity contribution in [1.29, 1.82) is 0 Å². The maximum atomic E-state index is 12.9. The Hall–Kier alpha value is -2.72. The fraction of sp³-hybridized carbons (Fsp3) is 0.143. The van der Waals surface area contributed by atoms with E-state index in [-0.39, 0.29) is 11.6 Å². The summed E-state index contributed by atoms with van der Waals surface area (Å²) in [6.07, 6.45) is 0. The van der Waals surface area contributed by atoms with Gasteiger partial charge in [0.1, 0.15) is 24.0 Å². The summed E-state index contributed by atoms with van der Waals surface area (Å²) < 4.78 is 31.5. The Bertz CT molecular complexity index is 801. The van der Waals surface area contributed by atoms with Gasteiger partial charge in [0.15, 0.2) is 0 Å². The third kappa shape index (κ3) is 5.40. The Morgan fingerprint density at radius 3 is 1.96 bits per heavy atom. The molecule has 0 atom stereocenters. The molecule has 3 aromatic rings. The number of benzene rings is 3. The Kier molecular flexibility index (Phi) is 5.75. The van der Waals surface area contributed by atoms with Crippen molar-refractivity contribution in [2.45, 2.75) is 19.7 Å². The first-order chi connectivity index (χ1) is 12.2. The van der Waals surface area contributed by atoms with E-state index in [0.717, 1.165) is 22.4 Å². The largest absolute Gasteiger partial charge is 0.489 e. The highest BCUT2D eigenvalue weighted by molar-refractivity contribution is 5.29. The highest BCUT2D eigenvalue weighted by atomic mass is 19.1. The maximum Gasteiger partial charge on any atom is 0.123 e. The normalized spacial score (nSPS) is 10.6. The van der Waals surface area contributed by atoms with Crippen molar-refractivity contribution in [1.82, 2.24) is 5.32 Å². The van der Waals surface area contributed by atoms with Crippen molar-refractivity contribution in [3.8, 4) is 5.75 Å². The van der Waals surface area contributed by atoms with Gasteiger partial charge in [0.2, 0.25) is 0 Å². The molecule has 3 aromatic carbocycles. The molecule has 128 valence electrons. The van der Waals surface area contributed by atoms with Crippen molar-refractivity contribution in [3.05, 3.63) is 101 Å². The van der Waals surface area contributed by atoms with Crippen molar-refractivity contribution in [2.24, 2.45) is 0 Å². The predicted octanol–water partition coefficient (Wildman–Crippen LogP) is 4.83. The molecule has 1 N–H and O–H groups in total. The van der Waals surface area contributed by atoms with Crippen LogP contribution in [0.4, 0.5) is 8.78 Å². The van der Waals surface area contributed by atoms with Crippen LogP contribution in [0, 0.1) is 11.6 Å². The van der Waals surface area contributed by atoms with Crippen LogP contribution in [0.2, 0.25) is 0 Å². The fourth-order valence-corrected chi connectivity index (χ4v) is 2.45. The molecule has 25 heavy (non-hydrogen) atoms. The summed E-state index contributed by atoms with van der Waals surface area (Å²) in [5.41, 5.74) is 3.05. The summed E-state index contributed by atoms with van der Waals surface area (Å²) in [6, 6.07) is 20.6. The molecule has 0 saturated heterocycles. The molecule has 0 aliphatic carbocycles. The lowest BCUT2D eigenvalue weighted by Gasteiger charge is -2.09. The summed E-state index contributed by atoms with van der Waals surface area (Å²) in [7, 11) is 0. The van der Waals surface area contributed by atoms with E-state index in [1.165, 1.54) is 24.3 Å². The van der Waals surface area contributed by atoms with E-state index < -0.39 is 0 Å². The average Bonchev–Trinajstić information content (AvgIpc) is 2.63. The summed E-state index contributed by atoms with van der Waals surface area (Å²) in [5.74, 6) is 0.290. The van der Waals surface area contributed by atoms with E-state index in [1.807, 2.05) is 24.3 Å². The number of hydrogen-bond donors (Lipinski definition) is 1. The molecule has 2 nitrogen and oxygen atoms in total. The molecule has 3 rings (SSSR count). The van der Waals surface area contributed by atoms with Crippen LogP contribution in [0.1, 0.15) is 16.7 Å². The minimum Gasteiger partial charge on any atom is -0.489 e. The molecule has 0 aliphatic heterocycles. The molecule has 0 bridgehead atoms. The molecular weight excluding hydrogens is 320 g/mol. The van der Waals surface area contributed by atoms with Gasteiger partial charge in [0, 0.05) is 13.1 Å². The van der Waals surface area contributed by atoms with Crippen molar-refractivity contribution < 1.29 is 13.5 Å². The number of halogens is 2. The van der Waals surface area contributed by atoms with Gasteiger partial charge in [-0.1, -0.05) is 36.4 Å². The van der Waals surface area contributed by atoms with Gasteiger partial charge in [-0.05, 0) is 53.1 Å². The molecule has 0 saturated carbocycles. The van der Waals surface area contributed by atoms with Gasteiger partial charge in [0.25, 0.3) is 0 Å². The van der Waals surface area contributed by atoms with E-state index >= 15 is 0 Å². The van der Waals surface area contributed by atoms with E-state index in [1.54, 1.807) is 24.3 Å². The summed E-state index contributed by atoms with van der Waals surface area (Å²) >= 11 is 0. The monoisotopic (exact) mass is 339 g/mol. The van der Waals surface area contributed by atoms with Gasteiger partial charge >= 0.3 is 0 Å². The van der Waals surface area contributed by atoms with Crippen molar-refractivity contribution >= 4 is 0 Å². The van der Waals surface area contributed by atoms with Gasteiger partial charge in [-0.2, -0.15) is 0 Å². The van der Waals surface area contributed by atoms with Crippen molar-refractivity contribution in [3.63, 3.8) is 0 Å². The van der Waals surface area contributed by atoms with Crippen LogP contribution >= 0.6 is 0 Å². The lowest BCUT2D eigenvalue weighted by molar-refractivity contribution is 0.305. The topological polar surface area (TPSA) is 21.3 Å². The molecule has 4 heteroatoms. The Balaban J connectivity index is 1.50. The molecule has 0 unspecified atom stereocenters. The van der Waals surface area contributed by atoms with Crippen LogP contribution in [0.5, 0.6) is 5.75 Å². The SMILES string of the molecule is Fc1ccc(CNCc2cccc(OCc3ccc(F)cc3)c2)cc1. The predicted molar refractivity (Wildman–Crippen MR) is 94.1 cm³/mol. The number of rotatable bonds is 7. The highest BCUT2D eigenvalue weighted by Crippen LogP contribution is 2.15. The standard InChI is InChI=1S/C21H19F2NO/c22-19-8-4-16(5-9-19)13-24-14-18-2-1-3-21(12-18)25-15-17-6-10-20(23)11-7-17/h1-12,24H,13-15H2. The minimum atomic E-state index is -0.252. The first kappa shape index (κ1) is 17.1. The second-order valence-electron chi connectivity index (χ2n) is 5.79. The highest BCUT2D eigenvalue weighted by Gasteiger charge is 2.00. The number of nitrogens with one attached hydrogen (secondary N) is 1. The molecular formula is C21H19F2NO. The molecule has 0 aromatic heterocycles. The Morgan fingerprint density at radius 2 is 1.28 bits per heavy atom. The molecule has 0 radical (unpaired) electrons. The molecule has 0 fully saturated rings. The van der Waals surface area contributed by atoms with Gasteiger partial charge in [0.05, 0.1) is 0 Å². The van der Waals surface area contributed by atoms with Crippen LogP contribution in [0.3, 0.4) is 0 Å². The second kappa shape index (κ2) is 8.40. The van der Waals surface area contributed by atoms with Crippen LogP contribution in [0.25, 0.3) is 0 Å². The summed E-state index contributed by atoms with van der Waals surface area (Å²) in [6.45, 7) is 1.75. The summed E-state index contributed by atoms with van der Waals surface area (Å²) in [4.78, 5) is 0. The van der Waals surface area contributed by atoms with Crippen LogP contribution in [-0.4, -0.2) is 0 Å². The second-order valence-corrected chi connectivity index (χ2v) is 5.79. The van der Waals surface area contributed by atoms with Gasteiger partial charge in [-0.15, -0.1) is 0 Å². The van der Waals surface area contributed by atoms with Crippen molar-refractivity contribution in [2.75, 3.05) is 0 Å². The number of hydrogen-bond acceptors (Lipinski definition) is 2. The Morgan fingerprint density at radius 1 is 0.680 bits per heavy atom. The average molecular weight is 339 g/mol. The van der Waals surface area contributed by atoms with Gasteiger partial charge < -0.3 is 10.1 Å². The quantitative estimate of drug-likeness (QED) is 0.665. The van der Waals surface area contributed by atoms with E-state index in [0.29, 0.717) is 19.7 Å². The lowest BCUT2D eigenvalue weighted by atomic mass is 10.2. The van der Waals surface area contributed by atoms with Crippen LogP contribution < -0.4 is 10.1 Å². The zero-order chi connectivity index (χ0) is 17.5. The fourth-order valence-electron chi connectivity index (χ4n) is 2.45. The Labute approximate surface area is 146 Å². The van der Waals surface area contributed by atoms with Crippen LogP contribution in [-0.2, 0) is 19.7 Å². The van der Waals surface area contributed by atoms with E-state index in [9.17, 15) is 8.78 Å². The first-order valence-electron chi connectivity index (χ1n) is 8.10. The summed E-state index contributed by atoms with van der Waals surface area (Å²) in [5, 5.41) is 3.33. The zero-order valence-electron chi connectivity index (χ0n) is 13.7. The van der Waals surface area contributed by atoms with E-state index in [4.69, 9.17) is 4.74 Å². The molecule has 0 heterocycles. The third-order valence-corrected chi connectivity index (χ3v) is 3.79. The maximum absolute atomic E-state index is 12.9. The third-order valence-electron chi connectivity index (χ3n) is 3.79. The van der Waals surface area contributed by atoms with Gasteiger partial charge in [-0.25, -0.2) is 8.78 Å². The molecule has 0 amide bonds. The minimum absolute atomic E-state index is 0.227.